The maximum atomic E-state index is 11.6. The molecule has 0 fully saturated rings. The fourth-order valence-corrected chi connectivity index (χ4v) is 2.39. The van der Waals surface area contributed by atoms with Crippen molar-refractivity contribution in [1.29, 1.82) is 0 Å². The zero-order chi connectivity index (χ0) is 18.4. The second kappa shape index (κ2) is 8.11. The fraction of sp³-hybridized carbons (Fsp3) is 0.150. The van der Waals surface area contributed by atoms with E-state index in [1.54, 1.807) is 6.07 Å². The molecule has 26 heavy (non-hydrogen) atoms. The summed E-state index contributed by atoms with van der Waals surface area (Å²) in [6.07, 6.45) is 1.32. The Balaban J connectivity index is 1.75. The molecule has 0 saturated carbocycles. The normalized spacial score (nSPS) is 10.2. The molecule has 0 radical (unpaired) electrons. The van der Waals surface area contributed by atoms with Crippen molar-refractivity contribution in [3.63, 3.8) is 0 Å². The Labute approximate surface area is 151 Å². The van der Waals surface area contributed by atoms with Gasteiger partial charge in [0, 0.05) is 18.2 Å². The average Bonchev–Trinajstić information content (AvgIpc) is 2.68. The molecular formula is C20H19N3O3. The Hall–Kier alpha value is -3.41. The molecule has 132 valence electrons. The number of carbonyl (C=O) groups excluding carboxylic acids is 1. The maximum absolute atomic E-state index is 11.6. The Kier molecular flexibility index (Phi) is 5.43. The zero-order valence-corrected chi connectivity index (χ0v) is 14.6. The summed E-state index contributed by atoms with van der Waals surface area (Å²) in [6, 6.07) is 17.2. The van der Waals surface area contributed by atoms with Crippen LogP contribution in [0.5, 0.6) is 11.5 Å². The Morgan fingerprint density at radius 2 is 1.77 bits per heavy atom. The average molecular weight is 349 g/mol. The van der Waals surface area contributed by atoms with E-state index in [4.69, 9.17) is 4.74 Å². The summed E-state index contributed by atoms with van der Waals surface area (Å²) in [5.41, 5.74) is 2.23. The van der Waals surface area contributed by atoms with Crippen LogP contribution in [0.25, 0.3) is 0 Å². The number of hydrogen-bond donors (Lipinski definition) is 1. The summed E-state index contributed by atoms with van der Waals surface area (Å²) in [6.45, 7) is 2.49. The topological polar surface area (TPSA) is 73.3 Å². The SMILES string of the molecule is COC(=O)c1cc(NCc2ccccc2Oc2ccccc2C)ncn1. The second-order valence-corrected chi connectivity index (χ2v) is 5.61. The molecule has 0 atom stereocenters. The summed E-state index contributed by atoms with van der Waals surface area (Å²) in [5.74, 6) is 1.61. The molecule has 2 aromatic carbocycles. The van der Waals surface area contributed by atoms with Crippen LogP contribution in [0.2, 0.25) is 0 Å². The van der Waals surface area contributed by atoms with Gasteiger partial charge in [0.15, 0.2) is 5.69 Å². The van der Waals surface area contributed by atoms with Crippen LogP contribution >= 0.6 is 0 Å². The first-order valence-corrected chi connectivity index (χ1v) is 8.13. The lowest BCUT2D eigenvalue weighted by Crippen LogP contribution is -2.08. The molecule has 0 aliphatic heterocycles. The summed E-state index contributed by atoms with van der Waals surface area (Å²) < 4.78 is 10.7. The largest absolute Gasteiger partial charge is 0.464 e. The summed E-state index contributed by atoms with van der Waals surface area (Å²) >= 11 is 0. The van der Waals surface area contributed by atoms with Gasteiger partial charge in [-0.2, -0.15) is 0 Å². The summed E-state index contributed by atoms with van der Waals surface area (Å²) in [7, 11) is 1.32. The first-order valence-electron chi connectivity index (χ1n) is 8.13. The minimum atomic E-state index is -0.501. The van der Waals surface area contributed by atoms with E-state index in [-0.39, 0.29) is 5.69 Å². The molecule has 6 nitrogen and oxygen atoms in total. The number of rotatable bonds is 6. The highest BCUT2D eigenvalue weighted by atomic mass is 16.5. The van der Waals surface area contributed by atoms with Gasteiger partial charge >= 0.3 is 5.97 Å². The van der Waals surface area contributed by atoms with Gasteiger partial charge in [0.1, 0.15) is 23.6 Å². The van der Waals surface area contributed by atoms with Crippen molar-refractivity contribution in [3.8, 4) is 11.5 Å². The van der Waals surface area contributed by atoms with Gasteiger partial charge < -0.3 is 14.8 Å². The Bertz CT molecular complexity index is 912. The molecule has 0 unspecified atom stereocenters. The van der Waals surface area contributed by atoms with E-state index in [1.807, 2.05) is 55.5 Å². The van der Waals surface area contributed by atoms with Crippen molar-refractivity contribution in [2.75, 3.05) is 12.4 Å². The molecule has 0 aliphatic rings. The number of anilines is 1. The van der Waals surface area contributed by atoms with E-state index in [2.05, 4.69) is 20.0 Å². The predicted octanol–water partition coefficient (Wildman–Crippen LogP) is 3.98. The van der Waals surface area contributed by atoms with E-state index in [0.29, 0.717) is 12.4 Å². The zero-order valence-electron chi connectivity index (χ0n) is 14.6. The molecule has 1 aromatic heterocycles. The summed E-state index contributed by atoms with van der Waals surface area (Å²) in [5, 5.41) is 3.18. The van der Waals surface area contributed by atoms with Crippen LogP contribution < -0.4 is 10.1 Å². The molecule has 0 amide bonds. The number of aromatic nitrogens is 2. The van der Waals surface area contributed by atoms with Crippen LogP contribution in [0.1, 0.15) is 21.6 Å². The van der Waals surface area contributed by atoms with E-state index in [0.717, 1.165) is 22.6 Å². The van der Waals surface area contributed by atoms with E-state index in [1.165, 1.54) is 13.4 Å². The lowest BCUT2D eigenvalue weighted by Gasteiger charge is -2.13. The molecule has 0 saturated heterocycles. The molecule has 0 spiro atoms. The molecular weight excluding hydrogens is 330 g/mol. The van der Waals surface area contributed by atoms with Gasteiger partial charge in [0.05, 0.1) is 7.11 Å². The van der Waals surface area contributed by atoms with E-state index in [9.17, 15) is 4.79 Å². The number of para-hydroxylation sites is 2. The number of aryl methyl sites for hydroxylation is 1. The lowest BCUT2D eigenvalue weighted by molar-refractivity contribution is 0.0594. The molecule has 3 aromatic rings. The minimum absolute atomic E-state index is 0.203. The lowest BCUT2D eigenvalue weighted by atomic mass is 10.2. The Morgan fingerprint density at radius 1 is 1.04 bits per heavy atom. The number of carbonyl (C=O) groups is 1. The van der Waals surface area contributed by atoms with Crippen molar-refractivity contribution in [2.45, 2.75) is 13.5 Å². The number of esters is 1. The van der Waals surface area contributed by atoms with E-state index >= 15 is 0 Å². The van der Waals surface area contributed by atoms with Crippen LogP contribution in [-0.4, -0.2) is 23.0 Å². The monoisotopic (exact) mass is 349 g/mol. The third-order valence-corrected chi connectivity index (χ3v) is 3.81. The second-order valence-electron chi connectivity index (χ2n) is 5.61. The standard InChI is InChI=1S/C20H19N3O3/c1-14-7-3-5-9-17(14)26-18-10-6-4-8-15(18)12-21-19-11-16(20(24)25-2)22-13-23-19/h3-11,13H,12H2,1-2H3,(H,21,22,23). The molecule has 1 N–H and O–H groups in total. The highest BCUT2D eigenvalue weighted by Gasteiger charge is 2.10. The number of methoxy groups -OCH3 is 1. The minimum Gasteiger partial charge on any atom is -0.464 e. The van der Waals surface area contributed by atoms with E-state index < -0.39 is 5.97 Å². The van der Waals surface area contributed by atoms with Gasteiger partial charge in [-0.15, -0.1) is 0 Å². The number of benzene rings is 2. The van der Waals surface area contributed by atoms with Crippen molar-refractivity contribution < 1.29 is 14.3 Å². The molecule has 3 rings (SSSR count). The van der Waals surface area contributed by atoms with Gasteiger partial charge in [-0.05, 0) is 24.6 Å². The third kappa shape index (κ3) is 4.16. The third-order valence-electron chi connectivity index (χ3n) is 3.81. The van der Waals surface area contributed by atoms with Crippen LogP contribution in [0.4, 0.5) is 5.82 Å². The number of nitrogens with one attached hydrogen (secondary N) is 1. The molecule has 1 heterocycles. The number of ether oxygens (including phenoxy) is 2. The van der Waals surface area contributed by atoms with Gasteiger partial charge in [-0.25, -0.2) is 14.8 Å². The molecule has 6 heteroatoms. The van der Waals surface area contributed by atoms with Crippen LogP contribution in [0.15, 0.2) is 60.9 Å². The van der Waals surface area contributed by atoms with Crippen LogP contribution in [0, 0.1) is 6.92 Å². The Morgan fingerprint density at radius 3 is 2.54 bits per heavy atom. The number of nitrogens with zero attached hydrogens (tertiary/aromatic N) is 2. The highest BCUT2D eigenvalue weighted by molar-refractivity contribution is 5.87. The first kappa shape index (κ1) is 17.4. The van der Waals surface area contributed by atoms with Gasteiger partial charge in [-0.3, -0.25) is 0 Å². The molecule has 0 aliphatic carbocycles. The summed E-state index contributed by atoms with van der Waals surface area (Å²) in [4.78, 5) is 19.6. The highest BCUT2D eigenvalue weighted by Crippen LogP contribution is 2.28. The van der Waals surface area contributed by atoms with Crippen LogP contribution in [-0.2, 0) is 11.3 Å². The quantitative estimate of drug-likeness (QED) is 0.679. The predicted molar refractivity (Wildman–Crippen MR) is 98.4 cm³/mol. The van der Waals surface area contributed by atoms with Crippen LogP contribution in [0.3, 0.4) is 0 Å². The van der Waals surface area contributed by atoms with Crippen molar-refractivity contribution >= 4 is 11.8 Å². The van der Waals surface area contributed by atoms with Crippen molar-refractivity contribution in [3.05, 3.63) is 77.7 Å². The van der Waals surface area contributed by atoms with Gasteiger partial charge in [-0.1, -0.05) is 36.4 Å². The van der Waals surface area contributed by atoms with Gasteiger partial charge in [0.25, 0.3) is 0 Å². The first-order chi connectivity index (χ1) is 12.7. The number of hydrogen-bond acceptors (Lipinski definition) is 6. The smallest absolute Gasteiger partial charge is 0.356 e. The fourth-order valence-electron chi connectivity index (χ4n) is 2.39. The van der Waals surface area contributed by atoms with Crippen molar-refractivity contribution in [2.24, 2.45) is 0 Å². The maximum Gasteiger partial charge on any atom is 0.356 e. The van der Waals surface area contributed by atoms with Crippen molar-refractivity contribution in [1.82, 2.24) is 9.97 Å². The molecule has 0 bridgehead atoms. The van der Waals surface area contributed by atoms with Gasteiger partial charge in [0.2, 0.25) is 0 Å².